The topological polar surface area (TPSA) is 93.5 Å². The zero-order chi connectivity index (χ0) is 21.4. The number of hydrogen-bond acceptors (Lipinski definition) is 5. The fraction of sp³-hybridized carbons (Fsp3) is 0.647. The van der Waals surface area contributed by atoms with Gasteiger partial charge in [-0.2, -0.15) is 0 Å². The van der Waals surface area contributed by atoms with Crippen molar-refractivity contribution in [2.75, 3.05) is 13.1 Å². The van der Waals surface area contributed by atoms with Crippen LogP contribution in [0.2, 0.25) is 0 Å². The molecule has 0 aliphatic carbocycles. The number of alkyl halides is 2. The van der Waals surface area contributed by atoms with E-state index in [2.05, 4.69) is 10.3 Å². The Morgan fingerprint density at radius 3 is 2.41 bits per heavy atom. The van der Waals surface area contributed by atoms with Crippen LogP contribution in [0.4, 0.5) is 13.6 Å². The molecule has 10 heteroatoms. The van der Waals surface area contributed by atoms with Crippen molar-refractivity contribution >= 4 is 18.3 Å². The minimum absolute atomic E-state index is 0.171. The van der Waals surface area contributed by atoms with E-state index in [1.807, 2.05) is 0 Å². The van der Waals surface area contributed by atoms with Gasteiger partial charge in [0.2, 0.25) is 0 Å². The van der Waals surface area contributed by atoms with Gasteiger partial charge in [0.25, 0.3) is 12.3 Å². The standard InChI is InChI=1S/C17H24F2N4O4/c1-9(2)23-11(8-24)21-12(14(18)19)13(23)15(25)20-10-6-22(7-10)16(26)27-17(3,4)5/h8-10,14H,6-7H2,1-5H3,(H,20,25)/i8D. The summed E-state index contributed by atoms with van der Waals surface area (Å²) in [6.45, 7) is 8.72. The summed E-state index contributed by atoms with van der Waals surface area (Å²) in [6, 6.07) is -0.985. The maximum Gasteiger partial charge on any atom is 0.410 e. The van der Waals surface area contributed by atoms with Crippen molar-refractivity contribution in [2.24, 2.45) is 0 Å². The first-order chi connectivity index (χ1) is 12.8. The molecule has 1 N–H and O–H groups in total. The van der Waals surface area contributed by atoms with Crippen molar-refractivity contribution in [3.05, 3.63) is 17.2 Å². The van der Waals surface area contributed by atoms with Gasteiger partial charge in [0, 0.05) is 19.1 Å². The monoisotopic (exact) mass is 387 g/mol. The Balaban J connectivity index is 2.15. The molecule has 2 heterocycles. The molecule has 1 aliphatic rings. The summed E-state index contributed by atoms with van der Waals surface area (Å²) in [6.07, 6.45) is -4.87. The lowest BCUT2D eigenvalue weighted by atomic mass is 10.1. The molecule has 1 aromatic heterocycles. The van der Waals surface area contributed by atoms with E-state index in [-0.39, 0.29) is 13.1 Å². The van der Waals surface area contributed by atoms with Gasteiger partial charge in [-0.25, -0.2) is 18.6 Å². The third-order valence-electron chi connectivity index (χ3n) is 3.84. The summed E-state index contributed by atoms with van der Waals surface area (Å²) in [4.78, 5) is 40.9. The lowest BCUT2D eigenvalue weighted by molar-refractivity contribution is 0.00526. The molecular weight excluding hydrogens is 362 g/mol. The summed E-state index contributed by atoms with van der Waals surface area (Å²) >= 11 is 0. The van der Waals surface area contributed by atoms with Gasteiger partial charge in [-0.3, -0.25) is 9.59 Å². The number of carbonyl (C=O) groups excluding carboxylic acids is 3. The van der Waals surface area contributed by atoms with Gasteiger partial charge in [0.1, 0.15) is 18.4 Å². The largest absolute Gasteiger partial charge is 0.444 e. The van der Waals surface area contributed by atoms with Gasteiger partial charge >= 0.3 is 6.09 Å². The van der Waals surface area contributed by atoms with Crippen LogP contribution in [-0.4, -0.2) is 57.4 Å². The highest BCUT2D eigenvalue weighted by Gasteiger charge is 2.37. The Morgan fingerprint density at radius 2 is 1.96 bits per heavy atom. The highest BCUT2D eigenvalue weighted by Crippen LogP contribution is 2.26. The second kappa shape index (κ2) is 7.61. The molecule has 1 aliphatic heterocycles. The fourth-order valence-electron chi connectivity index (χ4n) is 2.70. The molecule has 1 aromatic rings. The van der Waals surface area contributed by atoms with Crippen LogP contribution >= 0.6 is 0 Å². The zero-order valence-corrected chi connectivity index (χ0v) is 15.9. The van der Waals surface area contributed by atoms with Crippen LogP contribution in [0.1, 0.15) is 75.3 Å². The minimum atomic E-state index is -3.08. The van der Waals surface area contributed by atoms with Crippen LogP contribution in [0.15, 0.2) is 0 Å². The van der Waals surface area contributed by atoms with E-state index >= 15 is 0 Å². The van der Waals surface area contributed by atoms with Crippen LogP contribution in [0.3, 0.4) is 0 Å². The number of aromatic nitrogens is 2. The van der Waals surface area contributed by atoms with Gasteiger partial charge in [-0.05, 0) is 34.6 Å². The minimum Gasteiger partial charge on any atom is -0.444 e. The van der Waals surface area contributed by atoms with Crippen LogP contribution in [0.25, 0.3) is 0 Å². The lowest BCUT2D eigenvalue weighted by Gasteiger charge is -2.40. The van der Waals surface area contributed by atoms with Gasteiger partial charge in [-0.1, -0.05) is 0 Å². The third-order valence-corrected chi connectivity index (χ3v) is 3.84. The Morgan fingerprint density at radius 1 is 1.37 bits per heavy atom. The predicted molar refractivity (Wildman–Crippen MR) is 92.0 cm³/mol. The van der Waals surface area contributed by atoms with E-state index in [1.54, 1.807) is 34.6 Å². The fourth-order valence-corrected chi connectivity index (χ4v) is 2.70. The summed E-state index contributed by atoms with van der Waals surface area (Å²) in [7, 11) is 0. The number of rotatable bonds is 5. The summed E-state index contributed by atoms with van der Waals surface area (Å²) < 4.78 is 40.2. The van der Waals surface area contributed by atoms with E-state index in [0.717, 1.165) is 4.57 Å². The first-order valence-corrected chi connectivity index (χ1v) is 8.51. The van der Waals surface area contributed by atoms with E-state index < -0.39 is 59.6 Å². The second-order valence-electron chi connectivity index (χ2n) is 7.59. The highest BCUT2D eigenvalue weighted by molar-refractivity contribution is 5.95. The van der Waals surface area contributed by atoms with E-state index in [4.69, 9.17) is 6.11 Å². The molecule has 150 valence electrons. The number of aldehydes is 1. The van der Waals surface area contributed by atoms with Crippen molar-refractivity contribution in [3.63, 3.8) is 0 Å². The van der Waals surface area contributed by atoms with Crippen LogP contribution in [0.5, 0.6) is 0 Å². The van der Waals surface area contributed by atoms with Crippen molar-refractivity contribution in [1.82, 2.24) is 19.8 Å². The van der Waals surface area contributed by atoms with Gasteiger partial charge < -0.3 is 19.5 Å². The van der Waals surface area contributed by atoms with E-state index in [9.17, 15) is 23.2 Å². The summed E-state index contributed by atoms with van der Waals surface area (Å²) in [5.41, 5.74) is -1.94. The van der Waals surface area contributed by atoms with Gasteiger partial charge in [0.15, 0.2) is 12.1 Å². The van der Waals surface area contributed by atoms with Crippen molar-refractivity contribution in [2.45, 2.75) is 58.7 Å². The molecule has 1 fully saturated rings. The number of nitrogens with zero attached hydrogens (tertiary/aromatic N) is 3. The summed E-state index contributed by atoms with van der Waals surface area (Å²) in [5.74, 6) is -1.35. The Labute approximate surface area is 157 Å². The molecule has 0 atom stereocenters. The number of carbonyl (C=O) groups is 3. The maximum atomic E-state index is 13.4. The SMILES string of the molecule is [2H]C(=O)c1nc(C(F)F)c(C(=O)NC2CN(C(=O)OC(C)(C)C)C2)n1C(C)C. The molecule has 0 unspecified atom stereocenters. The quantitative estimate of drug-likeness (QED) is 0.784. The molecule has 0 aromatic carbocycles. The molecule has 0 radical (unpaired) electrons. The molecule has 0 saturated carbocycles. The van der Waals surface area contributed by atoms with E-state index in [0.29, 0.717) is 0 Å². The Kier molecular flexibility index (Phi) is 5.43. The number of likely N-dealkylation sites (tertiary alicyclic amines) is 1. The molecule has 0 bridgehead atoms. The molecule has 2 rings (SSSR count). The van der Waals surface area contributed by atoms with Gasteiger partial charge in [0.05, 0.1) is 6.04 Å². The number of ether oxygens (including phenoxy) is 1. The molecule has 8 nitrogen and oxygen atoms in total. The van der Waals surface area contributed by atoms with E-state index in [1.165, 1.54) is 4.90 Å². The lowest BCUT2D eigenvalue weighted by Crippen LogP contribution is -2.61. The number of halogens is 2. The molecular formula is C17H24F2N4O4. The zero-order valence-electron chi connectivity index (χ0n) is 16.9. The maximum absolute atomic E-state index is 13.4. The van der Waals surface area contributed by atoms with Crippen LogP contribution < -0.4 is 5.32 Å². The Bertz CT molecular complexity index is 783. The number of amides is 2. The third kappa shape index (κ3) is 4.61. The molecule has 27 heavy (non-hydrogen) atoms. The first kappa shape index (κ1) is 19.2. The number of nitrogens with one attached hydrogen (secondary N) is 1. The Hall–Kier alpha value is -2.52. The number of hydrogen-bond donors (Lipinski definition) is 1. The van der Waals surface area contributed by atoms with Crippen molar-refractivity contribution in [1.29, 1.82) is 0 Å². The highest BCUT2D eigenvalue weighted by atomic mass is 19.3. The molecule has 2 amide bonds. The normalized spacial score (nSPS) is 15.6. The molecule has 0 spiro atoms. The smallest absolute Gasteiger partial charge is 0.410 e. The predicted octanol–water partition coefficient (Wildman–Crippen LogP) is 2.56. The van der Waals surface area contributed by atoms with Crippen LogP contribution in [-0.2, 0) is 4.74 Å². The number of imidazole rings is 1. The first-order valence-electron chi connectivity index (χ1n) is 9.01. The average Bonchev–Trinajstić information content (AvgIpc) is 2.89. The van der Waals surface area contributed by atoms with Gasteiger partial charge in [-0.15, -0.1) is 0 Å². The van der Waals surface area contributed by atoms with Crippen LogP contribution in [0, 0.1) is 0 Å². The van der Waals surface area contributed by atoms with Crippen molar-refractivity contribution < 1.29 is 29.3 Å². The van der Waals surface area contributed by atoms with Crippen molar-refractivity contribution in [3.8, 4) is 0 Å². The second-order valence-corrected chi connectivity index (χ2v) is 7.59. The average molecular weight is 387 g/mol. The molecule has 1 saturated heterocycles. The summed E-state index contributed by atoms with van der Waals surface area (Å²) in [5, 5.41) is 2.57.